The molecule has 1 aliphatic rings. The monoisotopic (exact) mass is 485 g/mol. The molecule has 188 valence electrons. The summed E-state index contributed by atoms with van der Waals surface area (Å²) >= 11 is 0. The summed E-state index contributed by atoms with van der Waals surface area (Å²) in [6.07, 6.45) is 0. The van der Waals surface area contributed by atoms with Crippen LogP contribution < -0.4 is 25.0 Å². The minimum Gasteiger partial charge on any atom is -0.493 e. The topological polar surface area (TPSA) is 62.8 Å². The van der Waals surface area contributed by atoms with Gasteiger partial charge in [0.25, 0.3) is 0 Å². The van der Waals surface area contributed by atoms with E-state index in [4.69, 9.17) is 9.47 Å². The van der Waals surface area contributed by atoms with E-state index in [1.807, 2.05) is 44.3 Å². The zero-order valence-electron chi connectivity index (χ0n) is 22.2. The average molecular weight is 486 g/mol. The second-order valence-electron chi connectivity index (χ2n) is 9.57. The Kier molecular flexibility index (Phi) is 7.25. The molecule has 3 aromatic carbocycles. The first-order valence-electron chi connectivity index (χ1n) is 12.2. The SMILES string of the molecule is COc1ccc(C2=C(NC(=O)Nc3c(C)cccc3C(C)C)CN(C)c3ccc(C)cc32)cc1OC. The molecule has 0 saturated carbocycles. The van der Waals surface area contributed by atoms with Crippen LogP contribution in [0.2, 0.25) is 0 Å². The summed E-state index contributed by atoms with van der Waals surface area (Å²) in [5.41, 5.74) is 9.06. The van der Waals surface area contributed by atoms with Crippen LogP contribution in [0.5, 0.6) is 11.5 Å². The van der Waals surface area contributed by atoms with Gasteiger partial charge in [-0.05, 0) is 60.7 Å². The number of rotatable bonds is 6. The maximum atomic E-state index is 13.4. The predicted octanol–water partition coefficient (Wildman–Crippen LogP) is 6.47. The third-order valence-electron chi connectivity index (χ3n) is 6.63. The highest BCUT2D eigenvalue weighted by Crippen LogP contribution is 2.40. The van der Waals surface area contributed by atoms with Gasteiger partial charge in [0.2, 0.25) is 0 Å². The van der Waals surface area contributed by atoms with Crippen LogP contribution in [0.15, 0.2) is 60.3 Å². The number of benzene rings is 3. The van der Waals surface area contributed by atoms with Crippen LogP contribution in [0.4, 0.5) is 16.2 Å². The second-order valence-corrected chi connectivity index (χ2v) is 9.57. The quantitative estimate of drug-likeness (QED) is 0.420. The number of amides is 2. The number of urea groups is 1. The third-order valence-corrected chi connectivity index (χ3v) is 6.63. The van der Waals surface area contributed by atoms with Gasteiger partial charge >= 0.3 is 6.03 Å². The van der Waals surface area contributed by atoms with Gasteiger partial charge in [0.05, 0.1) is 20.8 Å². The molecule has 2 amide bonds. The van der Waals surface area contributed by atoms with Gasteiger partial charge < -0.3 is 25.0 Å². The summed E-state index contributed by atoms with van der Waals surface area (Å²) in [5.74, 6) is 1.59. The number of hydrogen-bond acceptors (Lipinski definition) is 4. The van der Waals surface area contributed by atoms with Crippen molar-refractivity contribution in [2.45, 2.75) is 33.6 Å². The fourth-order valence-corrected chi connectivity index (χ4v) is 4.79. The molecule has 6 heteroatoms. The van der Waals surface area contributed by atoms with Gasteiger partial charge in [-0.15, -0.1) is 0 Å². The number of carbonyl (C=O) groups excluding carboxylic acids is 1. The molecule has 0 radical (unpaired) electrons. The van der Waals surface area contributed by atoms with E-state index in [1.165, 1.54) is 0 Å². The van der Waals surface area contributed by atoms with E-state index in [-0.39, 0.29) is 11.9 Å². The van der Waals surface area contributed by atoms with Gasteiger partial charge in [-0.2, -0.15) is 0 Å². The van der Waals surface area contributed by atoms with Crippen molar-refractivity contribution in [2.75, 3.05) is 38.0 Å². The standard InChI is InChI=1S/C30H35N3O3/c1-18(2)22-10-8-9-20(4)29(22)32-30(34)31-24-17-33(5)25-13-11-19(3)15-23(25)28(24)21-12-14-26(35-6)27(16-21)36-7/h8-16,18H,17H2,1-7H3,(H2,31,32,34). The van der Waals surface area contributed by atoms with Gasteiger partial charge in [0.15, 0.2) is 11.5 Å². The Morgan fingerprint density at radius 1 is 0.944 bits per heavy atom. The summed E-state index contributed by atoms with van der Waals surface area (Å²) < 4.78 is 11.0. The molecule has 0 aliphatic carbocycles. The minimum atomic E-state index is -0.260. The van der Waals surface area contributed by atoms with Crippen molar-refractivity contribution < 1.29 is 14.3 Å². The van der Waals surface area contributed by atoms with E-state index < -0.39 is 0 Å². The van der Waals surface area contributed by atoms with E-state index in [0.717, 1.165) is 50.5 Å². The Labute approximate surface area is 213 Å². The summed E-state index contributed by atoms with van der Waals surface area (Å²) in [7, 11) is 5.29. The molecular formula is C30H35N3O3. The Morgan fingerprint density at radius 2 is 1.69 bits per heavy atom. The number of aryl methyl sites for hydroxylation is 2. The fourth-order valence-electron chi connectivity index (χ4n) is 4.79. The zero-order valence-corrected chi connectivity index (χ0v) is 22.2. The number of anilines is 2. The smallest absolute Gasteiger partial charge is 0.323 e. The summed E-state index contributed by atoms with van der Waals surface area (Å²) in [6, 6.07) is 18.1. The number of nitrogens with one attached hydrogen (secondary N) is 2. The van der Waals surface area contributed by atoms with Crippen LogP contribution in [-0.2, 0) is 0 Å². The normalized spacial score (nSPS) is 12.9. The fraction of sp³-hybridized carbons (Fsp3) is 0.300. The molecule has 0 fully saturated rings. The van der Waals surface area contributed by atoms with E-state index >= 15 is 0 Å². The maximum Gasteiger partial charge on any atom is 0.323 e. The molecule has 0 bridgehead atoms. The largest absolute Gasteiger partial charge is 0.493 e. The molecule has 0 spiro atoms. The maximum absolute atomic E-state index is 13.4. The second kappa shape index (κ2) is 10.4. The lowest BCUT2D eigenvalue weighted by Crippen LogP contribution is -2.37. The summed E-state index contributed by atoms with van der Waals surface area (Å²) in [4.78, 5) is 15.5. The van der Waals surface area contributed by atoms with Crippen molar-refractivity contribution in [2.24, 2.45) is 0 Å². The molecule has 36 heavy (non-hydrogen) atoms. The van der Waals surface area contributed by atoms with E-state index in [1.54, 1.807) is 14.2 Å². The van der Waals surface area contributed by atoms with Crippen LogP contribution in [0.3, 0.4) is 0 Å². The summed E-state index contributed by atoms with van der Waals surface area (Å²) in [6.45, 7) is 8.91. The Morgan fingerprint density at radius 3 is 2.39 bits per heavy atom. The van der Waals surface area contributed by atoms with Crippen LogP contribution >= 0.6 is 0 Å². The first kappa shape index (κ1) is 25.2. The number of ether oxygens (including phenoxy) is 2. The number of methoxy groups -OCH3 is 2. The number of fused-ring (bicyclic) bond motifs is 1. The van der Waals surface area contributed by atoms with Gasteiger partial charge in [-0.1, -0.05) is 49.7 Å². The number of nitrogens with zero attached hydrogens (tertiary/aromatic N) is 1. The Balaban J connectivity index is 1.80. The highest BCUT2D eigenvalue weighted by atomic mass is 16.5. The van der Waals surface area contributed by atoms with Crippen LogP contribution in [0, 0.1) is 13.8 Å². The highest BCUT2D eigenvalue weighted by Gasteiger charge is 2.26. The van der Waals surface area contributed by atoms with Crippen molar-refractivity contribution in [3.8, 4) is 11.5 Å². The molecule has 3 aromatic rings. The average Bonchev–Trinajstić information content (AvgIpc) is 2.84. The predicted molar refractivity (Wildman–Crippen MR) is 147 cm³/mol. The molecule has 1 aliphatic heterocycles. The molecule has 0 atom stereocenters. The number of hydrogen-bond donors (Lipinski definition) is 2. The van der Waals surface area contributed by atoms with Crippen LogP contribution in [-0.4, -0.2) is 33.8 Å². The van der Waals surface area contributed by atoms with E-state index in [2.05, 4.69) is 60.6 Å². The van der Waals surface area contributed by atoms with Crippen molar-refractivity contribution in [1.82, 2.24) is 5.32 Å². The van der Waals surface area contributed by atoms with Gasteiger partial charge in [0.1, 0.15) is 0 Å². The first-order valence-corrected chi connectivity index (χ1v) is 12.2. The lowest BCUT2D eigenvalue weighted by atomic mass is 9.90. The summed E-state index contributed by atoms with van der Waals surface area (Å²) in [5, 5.41) is 6.31. The van der Waals surface area contributed by atoms with Crippen LogP contribution in [0.1, 0.15) is 47.6 Å². The molecule has 1 heterocycles. The zero-order chi connectivity index (χ0) is 26.0. The Hall–Kier alpha value is -3.93. The van der Waals surface area contributed by atoms with Gasteiger partial charge in [-0.25, -0.2) is 4.79 Å². The number of likely N-dealkylation sites (N-methyl/N-ethyl adjacent to an activating group) is 1. The van der Waals surface area contributed by atoms with Crippen molar-refractivity contribution in [3.05, 3.63) is 88.1 Å². The van der Waals surface area contributed by atoms with Crippen molar-refractivity contribution >= 4 is 23.0 Å². The molecule has 0 aromatic heterocycles. The molecule has 0 saturated heterocycles. The lowest BCUT2D eigenvalue weighted by Gasteiger charge is -2.32. The molecule has 6 nitrogen and oxygen atoms in total. The van der Waals surface area contributed by atoms with Gasteiger partial charge in [0, 0.05) is 35.3 Å². The minimum absolute atomic E-state index is 0.260. The third kappa shape index (κ3) is 4.89. The molecule has 0 unspecified atom stereocenters. The Bertz CT molecular complexity index is 1330. The molecular weight excluding hydrogens is 450 g/mol. The van der Waals surface area contributed by atoms with E-state index in [0.29, 0.717) is 18.0 Å². The van der Waals surface area contributed by atoms with Gasteiger partial charge in [-0.3, -0.25) is 0 Å². The number of para-hydroxylation sites is 1. The molecule has 2 N–H and O–H groups in total. The van der Waals surface area contributed by atoms with Crippen molar-refractivity contribution in [1.29, 1.82) is 0 Å². The lowest BCUT2D eigenvalue weighted by molar-refractivity contribution is 0.254. The number of carbonyl (C=O) groups is 1. The van der Waals surface area contributed by atoms with Crippen molar-refractivity contribution in [3.63, 3.8) is 0 Å². The molecule has 4 rings (SSSR count). The highest BCUT2D eigenvalue weighted by molar-refractivity contribution is 5.97. The van der Waals surface area contributed by atoms with E-state index in [9.17, 15) is 4.79 Å². The first-order chi connectivity index (χ1) is 17.2. The van der Waals surface area contributed by atoms with Crippen LogP contribution in [0.25, 0.3) is 5.57 Å².